The van der Waals surface area contributed by atoms with Crippen LogP contribution in [0.1, 0.15) is 44.4 Å². The zero-order valence-corrected chi connectivity index (χ0v) is 20.1. The summed E-state index contributed by atoms with van der Waals surface area (Å²) in [4.78, 5) is 30.0. The van der Waals surface area contributed by atoms with Crippen LogP contribution in [0.15, 0.2) is 54.1 Å². The van der Waals surface area contributed by atoms with E-state index < -0.39 is 17.7 Å². The monoisotopic (exact) mass is 470 g/mol. The minimum atomic E-state index is -0.696. The largest absolute Gasteiger partial charge is 0.507 e. The summed E-state index contributed by atoms with van der Waals surface area (Å²) in [5.74, 6) is -0.840. The summed E-state index contributed by atoms with van der Waals surface area (Å²) in [7, 11) is 0. The molecule has 1 amide bonds. The summed E-state index contributed by atoms with van der Waals surface area (Å²) in [6, 6.07) is 13.2. The van der Waals surface area contributed by atoms with Crippen molar-refractivity contribution in [1.29, 1.82) is 0 Å². The maximum absolute atomic E-state index is 13.1. The van der Waals surface area contributed by atoms with Crippen molar-refractivity contribution in [3.05, 3.63) is 70.3 Å². The topological polar surface area (TPSA) is 70.1 Å². The average Bonchev–Trinajstić information content (AvgIpc) is 3.07. The van der Waals surface area contributed by atoms with Crippen LogP contribution in [0.3, 0.4) is 0 Å². The molecule has 3 rings (SSSR count). The fourth-order valence-corrected chi connectivity index (χ4v) is 4.29. The number of hydrogen-bond donors (Lipinski definition) is 1. The number of amides is 1. The quantitative estimate of drug-likeness (QED) is 0.304. The van der Waals surface area contributed by atoms with Crippen molar-refractivity contribution < 1.29 is 19.4 Å². The van der Waals surface area contributed by atoms with Gasteiger partial charge in [0.15, 0.2) is 0 Å². The fourth-order valence-electron chi connectivity index (χ4n) is 4.17. The molecule has 1 aliphatic rings. The zero-order chi connectivity index (χ0) is 24.0. The van der Waals surface area contributed by atoms with Crippen LogP contribution in [0.25, 0.3) is 5.76 Å². The van der Waals surface area contributed by atoms with E-state index in [4.69, 9.17) is 16.3 Å². The number of likely N-dealkylation sites (tertiary alicyclic amines) is 1. The first-order valence-corrected chi connectivity index (χ1v) is 11.8. The van der Waals surface area contributed by atoms with Gasteiger partial charge in [-0.1, -0.05) is 37.6 Å². The highest BCUT2D eigenvalue weighted by Gasteiger charge is 2.45. The molecule has 2 aromatic rings. The molecule has 1 unspecified atom stereocenters. The third-order valence-corrected chi connectivity index (χ3v) is 6.16. The molecule has 7 heteroatoms. The number of halogens is 1. The molecular weight excluding hydrogens is 440 g/mol. The lowest BCUT2D eigenvalue weighted by Gasteiger charge is -2.27. The van der Waals surface area contributed by atoms with Crippen molar-refractivity contribution in [2.75, 3.05) is 32.8 Å². The molecule has 0 aliphatic carbocycles. The van der Waals surface area contributed by atoms with Gasteiger partial charge in [-0.25, -0.2) is 0 Å². The van der Waals surface area contributed by atoms with Gasteiger partial charge >= 0.3 is 0 Å². The molecule has 2 aromatic carbocycles. The molecule has 6 nitrogen and oxygen atoms in total. The van der Waals surface area contributed by atoms with Crippen LogP contribution in [0.5, 0.6) is 5.75 Å². The molecule has 1 saturated heterocycles. The summed E-state index contributed by atoms with van der Waals surface area (Å²) in [5, 5.41) is 11.6. The van der Waals surface area contributed by atoms with Crippen LogP contribution >= 0.6 is 11.6 Å². The Labute approximate surface area is 200 Å². The van der Waals surface area contributed by atoms with Crippen LogP contribution in [0.4, 0.5) is 0 Å². The molecule has 0 spiro atoms. The molecule has 33 heavy (non-hydrogen) atoms. The summed E-state index contributed by atoms with van der Waals surface area (Å²) >= 11 is 5.98. The van der Waals surface area contributed by atoms with Gasteiger partial charge in [-0.3, -0.25) is 9.59 Å². The molecule has 1 heterocycles. The van der Waals surface area contributed by atoms with E-state index in [1.807, 2.05) is 31.2 Å². The number of ether oxygens (including phenoxy) is 1. The lowest BCUT2D eigenvalue weighted by molar-refractivity contribution is -0.140. The number of nitrogens with zero attached hydrogens (tertiary/aromatic N) is 2. The van der Waals surface area contributed by atoms with Gasteiger partial charge in [-0.15, -0.1) is 0 Å². The Balaban J connectivity index is 2.04. The first kappa shape index (κ1) is 24.8. The molecule has 0 bridgehead atoms. The number of benzene rings is 2. The number of rotatable bonds is 10. The Morgan fingerprint density at radius 2 is 1.79 bits per heavy atom. The Morgan fingerprint density at radius 1 is 1.09 bits per heavy atom. The van der Waals surface area contributed by atoms with Crippen LogP contribution in [0.2, 0.25) is 5.02 Å². The second-order valence-corrected chi connectivity index (χ2v) is 8.32. The lowest BCUT2D eigenvalue weighted by atomic mass is 9.95. The van der Waals surface area contributed by atoms with E-state index in [2.05, 4.69) is 18.7 Å². The van der Waals surface area contributed by atoms with Gasteiger partial charge in [-0.05, 0) is 74.9 Å². The number of ketones is 1. The minimum Gasteiger partial charge on any atom is -0.507 e. The van der Waals surface area contributed by atoms with Crippen molar-refractivity contribution in [2.45, 2.75) is 33.2 Å². The summed E-state index contributed by atoms with van der Waals surface area (Å²) in [6.45, 7) is 9.66. The van der Waals surface area contributed by atoms with E-state index in [9.17, 15) is 14.7 Å². The van der Waals surface area contributed by atoms with Crippen molar-refractivity contribution >= 4 is 29.1 Å². The van der Waals surface area contributed by atoms with E-state index in [1.165, 1.54) is 0 Å². The van der Waals surface area contributed by atoms with Crippen LogP contribution in [-0.4, -0.2) is 59.4 Å². The number of aliphatic hydroxyl groups excluding tert-OH is 1. The van der Waals surface area contributed by atoms with Gasteiger partial charge in [-0.2, -0.15) is 0 Å². The minimum absolute atomic E-state index is 0.0822. The lowest BCUT2D eigenvalue weighted by Crippen LogP contribution is -2.33. The van der Waals surface area contributed by atoms with E-state index in [1.54, 1.807) is 29.2 Å². The highest BCUT2D eigenvalue weighted by Crippen LogP contribution is 2.40. The van der Waals surface area contributed by atoms with E-state index in [0.717, 1.165) is 31.6 Å². The summed E-state index contributed by atoms with van der Waals surface area (Å²) < 4.78 is 5.64. The van der Waals surface area contributed by atoms with Crippen LogP contribution in [0, 0.1) is 0 Å². The predicted molar refractivity (Wildman–Crippen MR) is 130 cm³/mol. The summed E-state index contributed by atoms with van der Waals surface area (Å²) in [6.07, 6.45) is 0.720. The molecular formula is C26H31ClN2O4. The molecule has 1 aliphatic heterocycles. The van der Waals surface area contributed by atoms with Crippen LogP contribution in [-0.2, 0) is 9.59 Å². The fraction of sp³-hybridized carbons (Fsp3) is 0.385. The van der Waals surface area contributed by atoms with Crippen molar-refractivity contribution in [1.82, 2.24) is 9.80 Å². The maximum atomic E-state index is 13.1. The number of hydrogen-bond acceptors (Lipinski definition) is 5. The molecule has 1 N–H and O–H groups in total. The van der Waals surface area contributed by atoms with Gasteiger partial charge in [0.25, 0.3) is 11.7 Å². The molecule has 0 aromatic heterocycles. The number of carbonyl (C=O) groups is 2. The van der Waals surface area contributed by atoms with Crippen molar-refractivity contribution in [2.24, 2.45) is 0 Å². The zero-order valence-electron chi connectivity index (χ0n) is 19.4. The third kappa shape index (κ3) is 5.57. The van der Waals surface area contributed by atoms with Crippen LogP contribution < -0.4 is 4.74 Å². The molecule has 1 fully saturated rings. The van der Waals surface area contributed by atoms with E-state index in [-0.39, 0.29) is 11.3 Å². The predicted octanol–water partition coefficient (Wildman–Crippen LogP) is 4.89. The smallest absolute Gasteiger partial charge is 0.295 e. The van der Waals surface area contributed by atoms with Gasteiger partial charge in [0.1, 0.15) is 11.5 Å². The van der Waals surface area contributed by atoms with Crippen molar-refractivity contribution in [3.63, 3.8) is 0 Å². The second kappa shape index (κ2) is 11.3. The number of aliphatic hydroxyl groups is 1. The Bertz CT molecular complexity index is 1020. The van der Waals surface area contributed by atoms with Gasteiger partial charge in [0.2, 0.25) is 0 Å². The van der Waals surface area contributed by atoms with E-state index >= 15 is 0 Å². The third-order valence-electron chi connectivity index (χ3n) is 5.91. The summed E-state index contributed by atoms with van der Waals surface area (Å²) in [5.41, 5.74) is 1.24. The molecule has 0 saturated carbocycles. The average molecular weight is 471 g/mol. The van der Waals surface area contributed by atoms with Gasteiger partial charge in [0.05, 0.1) is 18.2 Å². The Kier molecular flexibility index (Phi) is 8.53. The van der Waals surface area contributed by atoms with Gasteiger partial charge in [0, 0.05) is 17.1 Å². The number of Topliss-reactive ketones (excluding diaryl/α,β-unsaturated/α-hetero) is 1. The standard InChI is InChI=1S/C26H31ClN2O4/c1-4-28(5-2)15-8-16-29-23(19-9-7-10-21(17-19)33-6-3)22(25(31)26(29)32)24(30)18-11-13-20(27)14-12-18/h7,9-14,17,23,30H,4-6,8,15-16H2,1-3H3. The maximum Gasteiger partial charge on any atom is 0.295 e. The first-order chi connectivity index (χ1) is 15.9. The highest BCUT2D eigenvalue weighted by molar-refractivity contribution is 6.46. The second-order valence-electron chi connectivity index (χ2n) is 7.89. The van der Waals surface area contributed by atoms with E-state index in [0.29, 0.717) is 29.5 Å². The Hall–Kier alpha value is -2.83. The molecule has 0 radical (unpaired) electrons. The normalized spacial score (nSPS) is 17.7. The molecule has 1 atom stereocenters. The highest BCUT2D eigenvalue weighted by atomic mass is 35.5. The first-order valence-electron chi connectivity index (χ1n) is 11.4. The van der Waals surface area contributed by atoms with Crippen molar-refractivity contribution in [3.8, 4) is 5.75 Å². The van der Waals surface area contributed by atoms with Gasteiger partial charge < -0.3 is 19.6 Å². The number of carbonyl (C=O) groups excluding carboxylic acids is 2. The SMILES string of the molecule is CCOc1cccc(C2C(=C(O)c3ccc(Cl)cc3)C(=O)C(=O)N2CCCN(CC)CC)c1. The Morgan fingerprint density at radius 3 is 2.42 bits per heavy atom. The molecule has 176 valence electrons.